The Kier molecular flexibility index (Phi) is 7.70. The topological polar surface area (TPSA) is 105 Å². The summed E-state index contributed by atoms with van der Waals surface area (Å²) in [4.78, 5) is 24.8. The zero-order valence-electron chi connectivity index (χ0n) is 18.8. The van der Waals surface area contributed by atoms with Crippen molar-refractivity contribution in [2.24, 2.45) is 0 Å². The van der Waals surface area contributed by atoms with Crippen LogP contribution in [0.25, 0.3) is 0 Å². The summed E-state index contributed by atoms with van der Waals surface area (Å²) in [7, 11) is -2.62. The molecule has 0 atom stereocenters. The van der Waals surface area contributed by atoms with Crippen LogP contribution in [-0.4, -0.2) is 33.9 Å². The molecular formula is C25H25N3O5S. The molecule has 0 heterocycles. The van der Waals surface area contributed by atoms with Gasteiger partial charge in [0.15, 0.2) is 0 Å². The van der Waals surface area contributed by atoms with E-state index < -0.39 is 21.8 Å². The minimum atomic E-state index is -4.07. The third-order valence-corrected chi connectivity index (χ3v) is 6.71. The summed E-state index contributed by atoms with van der Waals surface area (Å²) in [6.45, 7) is 5.54. The van der Waals surface area contributed by atoms with Gasteiger partial charge in [-0.15, -0.1) is 6.58 Å². The summed E-state index contributed by atoms with van der Waals surface area (Å²) >= 11 is 0. The lowest BCUT2D eigenvalue weighted by Crippen LogP contribution is -2.41. The van der Waals surface area contributed by atoms with Crippen molar-refractivity contribution in [1.29, 1.82) is 0 Å². The number of nitrogens with zero attached hydrogens (tertiary/aromatic N) is 1. The van der Waals surface area contributed by atoms with Crippen LogP contribution in [0, 0.1) is 6.92 Å². The number of carbonyl (C=O) groups is 2. The molecule has 8 nitrogen and oxygen atoms in total. The Hall–Kier alpha value is -4.11. The number of hydrazine groups is 1. The molecule has 0 bridgehead atoms. The van der Waals surface area contributed by atoms with Crippen molar-refractivity contribution >= 4 is 27.5 Å². The van der Waals surface area contributed by atoms with E-state index in [0.29, 0.717) is 17.0 Å². The first-order valence-electron chi connectivity index (χ1n) is 10.3. The number of methoxy groups -OCH3 is 1. The Balaban J connectivity index is 1.83. The zero-order valence-corrected chi connectivity index (χ0v) is 19.6. The van der Waals surface area contributed by atoms with Crippen molar-refractivity contribution in [2.45, 2.75) is 11.8 Å². The number of ether oxygens (including phenoxy) is 1. The van der Waals surface area contributed by atoms with E-state index in [-0.39, 0.29) is 17.0 Å². The van der Waals surface area contributed by atoms with Gasteiger partial charge in [-0.2, -0.15) is 0 Å². The Bertz CT molecular complexity index is 1300. The van der Waals surface area contributed by atoms with E-state index in [2.05, 4.69) is 17.4 Å². The average molecular weight is 480 g/mol. The van der Waals surface area contributed by atoms with Gasteiger partial charge in [0.25, 0.3) is 21.8 Å². The number of sulfonamides is 1. The van der Waals surface area contributed by atoms with E-state index in [1.165, 1.54) is 37.5 Å². The van der Waals surface area contributed by atoms with E-state index in [1.54, 1.807) is 48.5 Å². The van der Waals surface area contributed by atoms with Gasteiger partial charge in [0.1, 0.15) is 5.75 Å². The van der Waals surface area contributed by atoms with Gasteiger partial charge in [-0.25, -0.2) is 8.42 Å². The fourth-order valence-corrected chi connectivity index (χ4v) is 4.66. The summed E-state index contributed by atoms with van der Waals surface area (Å²) in [6.07, 6.45) is 1.46. The summed E-state index contributed by atoms with van der Waals surface area (Å²) in [5, 5.41) is 0. The molecule has 2 N–H and O–H groups in total. The van der Waals surface area contributed by atoms with Gasteiger partial charge in [-0.05, 0) is 49.4 Å². The Morgan fingerprint density at radius 3 is 2.24 bits per heavy atom. The number of hydrogen-bond acceptors (Lipinski definition) is 5. The molecule has 0 radical (unpaired) electrons. The van der Waals surface area contributed by atoms with Gasteiger partial charge in [-0.3, -0.25) is 24.7 Å². The molecule has 0 saturated carbocycles. The minimum Gasteiger partial charge on any atom is -0.495 e. The highest BCUT2D eigenvalue weighted by Gasteiger charge is 2.27. The van der Waals surface area contributed by atoms with Crippen LogP contribution >= 0.6 is 0 Å². The third kappa shape index (κ3) is 5.44. The zero-order chi connectivity index (χ0) is 24.7. The molecule has 0 aromatic heterocycles. The second kappa shape index (κ2) is 10.7. The number of carbonyl (C=O) groups excluding carboxylic acids is 2. The number of rotatable bonds is 8. The highest BCUT2D eigenvalue weighted by Crippen LogP contribution is 2.32. The van der Waals surface area contributed by atoms with E-state index in [9.17, 15) is 18.0 Å². The van der Waals surface area contributed by atoms with Crippen molar-refractivity contribution < 1.29 is 22.7 Å². The molecule has 34 heavy (non-hydrogen) atoms. The van der Waals surface area contributed by atoms with Gasteiger partial charge < -0.3 is 4.74 Å². The molecule has 3 aromatic carbocycles. The SMILES string of the molecule is C=CCN(c1ccccc1OC)S(=O)(=O)c1cccc(C(=O)NNC(=O)c2ccc(C)cc2)c1. The fourth-order valence-electron chi connectivity index (χ4n) is 3.17. The van der Waals surface area contributed by atoms with Crippen molar-refractivity contribution in [1.82, 2.24) is 10.9 Å². The van der Waals surface area contributed by atoms with E-state index in [0.717, 1.165) is 9.87 Å². The molecule has 0 aliphatic heterocycles. The van der Waals surface area contributed by atoms with Crippen LogP contribution in [0.3, 0.4) is 0 Å². The van der Waals surface area contributed by atoms with Crippen LogP contribution in [0.4, 0.5) is 5.69 Å². The first-order valence-corrected chi connectivity index (χ1v) is 11.8. The Morgan fingerprint density at radius 1 is 0.941 bits per heavy atom. The summed E-state index contributed by atoms with van der Waals surface area (Å²) < 4.78 is 33.4. The van der Waals surface area contributed by atoms with Gasteiger partial charge >= 0.3 is 0 Å². The molecule has 0 unspecified atom stereocenters. The number of para-hydroxylation sites is 2. The second-order valence-electron chi connectivity index (χ2n) is 7.30. The number of amides is 2. The van der Waals surface area contributed by atoms with Gasteiger partial charge in [0.2, 0.25) is 0 Å². The highest BCUT2D eigenvalue weighted by molar-refractivity contribution is 7.92. The van der Waals surface area contributed by atoms with Gasteiger partial charge in [0.05, 0.1) is 24.2 Å². The first kappa shape index (κ1) is 24.5. The van der Waals surface area contributed by atoms with Crippen LogP contribution in [-0.2, 0) is 10.0 Å². The second-order valence-corrected chi connectivity index (χ2v) is 9.16. The Morgan fingerprint density at radius 2 is 1.59 bits per heavy atom. The molecule has 3 rings (SSSR count). The monoisotopic (exact) mass is 479 g/mol. The molecular weight excluding hydrogens is 454 g/mol. The molecule has 2 amide bonds. The first-order chi connectivity index (χ1) is 16.3. The number of benzene rings is 3. The third-order valence-electron chi connectivity index (χ3n) is 4.94. The molecule has 3 aromatic rings. The molecule has 0 aliphatic rings. The van der Waals surface area contributed by atoms with Crippen molar-refractivity contribution in [2.75, 3.05) is 18.0 Å². The lowest BCUT2D eigenvalue weighted by Gasteiger charge is -2.25. The van der Waals surface area contributed by atoms with E-state index >= 15 is 0 Å². The predicted molar refractivity (Wildman–Crippen MR) is 130 cm³/mol. The van der Waals surface area contributed by atoms with Crippen LogP contribution in [0.1, 0.15) is 26.3 Å². The summed E-state index contributed by atoms with van der Waals surface area (Å²) in [5.74, 6) is -0.781. The largest absolute Gasteiger partial charge is 0.495 e. The van der Waals surface area contributed by atoms with Crippen LogP contribution < -0.4 is 19.9 Å². The number of nitrogens with one attached hydrogen (secondary N) is 2. The normalized spacial score (nSPS) is 10.8. The lowest BCUT2D eigenvalue weighted by atomic mass is 10.1. The smallest absolute Gasteiger partial charge is 0.269 e. The molecule has 9 heteroatoms. The number of anilines is 1. The highest BCUT2D eigenvalue weighted by atomic mass is 32.2. The van der Waals surface area contributed by atoms with E-state index in [4.69, 9.17) is 4.74 Å². The molecule has 176 valence electrons. The maximum absolute atomic E-state index is 13.5. The van der Waals surface area contributed by atoms with Crippen molar-refractivity contribution in [3.63, 3.8) is 0 Å². The maximum atomic E-state index is 13.5. The van der Waals surface area contributed by atoms with Crippen molar-refractivity contribution in [3.05, 3.63) is 102 Å². The maximum Gasteiger partial charge on any atom is 0.269 e. The number of aryl methyl sites for hydroxylation is 1. The number of hydrogen-bond donors (Lipinski definition) is 2. The quantitative estimate of drug-likeness (QED) is 0.380. The summed E-state index contributed by atoms with van der Waals surface area (Å²) in [5.41, 5.74) is 6.41. The van der Waals surface area contributed by atoms with Gasteiger partial charge in [0, 0.05) is 11.1 Å². The molecule has 0 aliphatic carbocycles. The van der Waals surface area contributed by atoms with Crippen LogP contribution in [0.2, 0.25) is 0 Å². The minimum absolute atomic E-state index is 0.00820. The standard InChI is InChI=1S/C25H25N3O5S/c1-4-16-28(22-10-5-6-11-23(22)33-3)34(31,32)21-9-7-8-20(17-21)25(30)27-26-24(29)19-14-12-18(2)13-15-19/h4-15,17H,1,16H2,2-3H3,(H,26,29)(H,27,30). The molecule has 0 fully saturated rings. The fraction of sp³-hybridized carbons (Fsp3) is 0.120. The molecule has 0 spiro atoms. The van der Waals surface area contributed by atoms with Crippen LogP contribution in [0.5, 0.6) is 5.75 Å². The van der Waals surface area contributed by atoms with Crippen LogP contribution in [0.15, 0.2) is 90.3 Å². The predicted octanol–water partition coefficient (Wildman–Crippen LogP) is 3.46. The van der Waals surface area contributed by atoms with E-state index in [1.807, 2.05) is 6.92 Å². The van der Waals surface area contributed by atoms with Gasteiger partial charge in [-0.1, -0.05) is 42.0 Å². The lowest BCUT2D eigenvalue weighted by molar-refractivity contribution is 0.0846. The van der Waals surface area contributed by atoms with Crippen molar-refractivity contribution in [3.8, 4) is 5.75 Å². The average Bonchev–Trinajstić information content (AvgIpc) is 2.86. The Labute approximate surface area is 198 Å². The molecule has 0 saturated heterocycles. The summed E-state index contributed by atoms with van der Waals surface area (Å²) in [6, 6.07) is 19.1.